The van der Waals surface area contributed by atoms with E-state index in [4.69, 9.17) is 4.74 Å². The molecule has 19 heavy (non-hydrogen) atoms. The molecule has 2 rings (SSSR count). The molecule has 0 saturated heterocycles. The monoisotopic (exact) mass is 277 g/mol. The molecule has 0 aliphatic heterocycles. The minimum absolute atomic E-state index is 0.192. The number of ether oxygens (including phenoxy) is 1. The fourth-order valence-corrected chi connectivity index (χ4v) is 1.98. The van der Waals surface area contributed by atoms with Gasteiger partial charge in [-0.3, -0.25) is 15.1 Å². The second kappa shape index (κ2) is 6.05. The third-order valence-electron chi connectivity index (χ3n) is 2.15. The lowest BCUT2D eigenvalue weighted by Crippen LogP contribution is -2.12. The number of carbonyl (C=O) groups is 2. The van der Waals surface area contributed by atoms with Crippen molar-refractivity contribution in [2.45, 2.75) is 6.92 Å². The molecule has 0 aliphatic rings. The van der Waals surface area contributed by atoms with Crippen LogP contribution in [0.25, 0.3) is 0 Å². The van der Waals surface area contributed by atoms with E-state index in [1.54, 1.807) is 24.4 Å². The molecule has 0 radical (unpaired) electrons. The predicted molar refractivity (Wildman–Crippen MR) is 70.3 cm³/mol. The van der Waals surface area contributed by atoms with Gasteiger partial charge in [0.05, 0.1) is 6.61 Å². The van der Waals surface area contributed by atoms with E-state index in [0.717, 1.165) is 0 Å². The van der Waals surface area contributed by atoms with Crippen molar-refractivity contribution in [1.82, 2.24) is 9.97 Å². The molecule has 0 aliphatic carbocycles. The van der Waals surface area contributed by atoms with Crippen molar-refractivity contribution in [3.8, 4) is 0 Å². The first-order valence-corrected chi connectivity index (χ1v) is 6.42. The Morgan fingerprint density at radius 2 is 2.11 bits per heavy atom. The van der Waals surface area contributed by atoms with Crippen LogP contribution in [0, 0.1) is 0 Å². The minimum atomic E-state index is -0.497. The lowest BCUT2D eigenvalue weighted by molar-refractivity contribution is 0.0520. The molecule has 6 nitrogen and oxygen atoms in total. The molecular weight excluding hydrogens is 266 g/mol. The van der Waals surface area contributed by atoms with Crippen LogP contribution in [0.15, 0.2) is 29.9 Å². The van der Waals surface area contributed by atoms with Crippen LogP contribution in [0.4, 0.5) is 5.13 Å². The van der Waals surface area contributed by atoms with E-state index in [1.807, 2.05) is 0 Å². The average molecular weight is 277 g/mol. The summed E-state index contributed by atoms with van der Waals surface area (Å²) < 4.78 is 4.82. The van der Waals surface area contributed by atoms with Crippen LogP contribution in [-0.2, 0) is 4.74 Å². The molecular formula is C12H11N3O3S. The maximum absolute atomic E-state index is 11.8. The zero-order valence-corrected chi connectivity index (χ0v) is 10.9. The van der Waals surface area contributed by atoms with Gasteiger partial charge in [0.1, 0.15) is 0 Å². The summed E-state index contributed by atoms with van der Waals surface area (Å²) in [5, 5.41) is 4.50. The lowest BCUT2D eigenvalue weighted by atomic mass is 10.2. The summed E-state index contributed by atoms with van der Waals surface area (Å²) in [6.45, 7) is 2.01. The van der Waals surface area contributed by atoms with Gasteiger partial charge in [-0.05, 0) is 19.1 Å². The summed E-state index contributed by atoms with van der Waals surface area (Å²) >= 11 is 1.17. The molecule has 0 bridgehead atoms. The second-order valence-corrected chi connectivity index (χ2v) is 4.31. The van der Waals surface area contributed by atoms with Crippen LogP contribution in [-0.4, -0.2) is 28.5 Å². The van der Waals surface area contributed by atoms with Crippen molar-refractivity contribution in [2.24, 2.45) is 0 Å². The topological polar surface area (TPSA) is 81.2 Å². The number of amides is 1. The largest absolute Gasteiger partial charge is 0.461 e. The summed E-state index contributed by atoms with van der Waals surface area (Å²) in [6, 6.07) is 3.18. The van der Waals surface area contributed by atoms with Gasteiger partial charge in [-0.25, -0.2) is 9.78 Å². The third kappa shape index (κ3) is 3.35. The first-order valence-electron chi connectivity index (χ1n) is 5.54. The Labute approximate surface area is 113 Å². The summed E-state index contributed by atoms with van der Waals surface area (Å²) in [5.41, 5.74) is 0.666. The van der Waals surface area contributed by atoms with E-state index in [0.29, 0.717) is 10.7 Å². The number of esters is 1. The molecule has 2 heterocycles. The van der Waals surface area contributed by atoms with Gasteiger partial charge in [0.15, 0.2) is 10.8 Å². The van der Waals surface area contributed by atoms with Crippen molar-refractivity contribution >= 4 is 28.3 Å². The molecule has 2 aromatic rings. The first kappa shape index (κ1) is 13.2. The summed E-state index contributed by atoms with van der Waals surface area (Å²) in [7, 11) is 0. The predicted octanol–water partition coefficient (Wildman–Crippen LogP) is 1.97. The Balaban J connectivity index is 2.04. The smallest absolute Gasteiger partial charge is 0.357 e. The highest BCUT2D eigenvalue weighted by Gasteiger charge is 2.13. The normalized spacial score (nSPS) is 9.95. The molecule has 0 saturated carbocycles. The van der Waals surface area contributed by atoms with Crippen LogP contribution >= 0.6 is 11.3 Å². The maximum Gasteiger partial charge on any atom is 0.357 e. The number of carbonyl (C=O) groups excluding carboxylic acids is 2. The zero-order chi connectivity index (χ0) is 13.7. The van der Waals surface area contributed by atoms with Crippen molar-refractivity contribution < 1.29 is 14.3 Å². The van der Waals surface area contributed by atoms with E-state index in [1.165, 1.54) is 23.7 Å². The summed E-state index contributed by atoms with van der Waals surface area (Å²) in [4.78, 5) is 31.1. The van der Waals surface area contributed by atoms with Crippen molar-refractivity contribution in [3.63, 3.8) is 0 Å². The van der Waals surface area contributed by atoms with E-state index >= 15 is 0 Å². The number of hydrogen-bond donors (Lipinski definition) is 1. The summed E-state index contributed by atoms with van der Waals surface area (Å²) in [6.07, 6.45) is 3.06. The van der Waals surface area contributed by atoms with Gasteiger partial charge in [-0.1, -0.05) is 0 Å². The van der Waals surface area contributed by atoms with Gasteiger partial charge in [-0.2, -0.15) is 0 Å². The highest BCUT2D eigenvalue weighted by Crippen LogP contribution is 2.17. The van der Waals surface area contributed by atoms with Crippen LogP contribution in [0.3, 0.4) is 0 Å². The number of anilines is 1. The maximum atomic E-state index is 11.8. The number of nitrogens with one attached hydrogen (secondary N) is 1. The van der Waals surface area contributed by atoms with Gasteiger partial charge in [-0.15, -0.1) is 11.3 Å². The van der Waals surface area contributed by atoms with E-state index in [-0.39, 0.29) is 18.2 Å². The zero-order valence-electron chi connectivity index (χ0n) is 10.1. The van der Waals surface area contributed by atoms with Crippen LogP contribution in [0.1, 0.15) is 27.8 Å². The molecule has 0 atom stereocenters. The molecule has 0 aromatic carbocycles. The molecule has 2 aromatic heterocycles. The van der Waals surface area contributed by atoms with Crippen molar-refractivity contribution in [1.29, 1.82) is 0 Å². The second-order valence-electron chi connectivity index (χ2n) is 3.45. The van der Waals surface area contributed by atoms with Gasteiger partial charge in [0, 0.05) is 23.3 Å². The highest BCUT2D eigenvalue weighted by molar-refractivity contribution is 7.14. The van der Waals surface area contributed by atoms with Crippen LogP contribution < -0.4 is 5.32 Å². The number of rotatable bonds is 4. The Hall–Kier alpha value is -2.28. The van der Waals surface area contributed by atoms with E-state index in [9.17, 15) is 9.59 Å². The number of hydrogen-bond acceptors (Lipinski definition) is 6. The molecule has 0 unspecified atom stereocenters. The van der Waals surface area contributed by atoms with E-state index < -0.39 is 5.97 Å². The van der Waals surface area contributed by atoms with Crippen LogP contribution in [0.2, 0.25) is 0 Å². The first-order chi connectivity index (χ1) is 9.20. The van der Waals surface area contributed by atoms with Gasteiger partial charge >= 0.3 is 5.97 Å². The van der Waals surface area contributed by atoms with Crippen molar-refractivity contribution in [2.75, 3.05) is 11.9 Å². The minimum Gasteiger partial charge on any atom is -0.461 e. The number of nitrogens with zero attached hydrogens (tertiary/aromatic N) is 2. The Kier molecular flexibility index (Phi) is 4.19. The Bertz CT molecular complexity index is 583. The van der Waals surface area contributed by atoms with Crippen molar-refractivity contribution in [3.05, 3.63) is 41.2 Å². The van der Waals surface area contributed by atoms with Gasteiger partial charge in [0.2, 0.25) is 0 Å². The fourth-order valence-electron chi connectivity index (χ4n) is 1.30. The summed E-state index contributed by atoms with van der Waals surface area (Å²) in [5.74, 6) is -0.796. The Morgan fingerprint density at radius 3 is 2.79 bits per heavy atom. The highest BCUT2D eigenvalue weighted by atomic mass is 32.1. The SMILES string of the molecule is CCOC(=O)c1csc(NC(=O)c2ccncc2)n1. The third-order valence-corrected chi connectivity index (χ3v) is 2.91. The van der Waals surface area contributed by atoms with Gasteiger partial charge < -0.3 is 4.74 Å². The molecule has 0 fully saturated rings. The average Bonchev–Trinajstić information content (AvgIpc) is 2.88. The quantitative estimate of drug-likeness (QED) is 0.864. The molecule has 1 N–H and O–H groups in total. The lowest BCUT2D eigenvalue weighted by Gasteiger charge is -2.00. The molecule has 1 amide bonds. The molecule has 0 spiro atoms. The number of thiazole rings is 1. The molecule has 98 valence electrons. The van der Waals surface area contributed by atoms with Gasteiger partial charge in [0.25, 0.3) is 5.91 Å². The fraction of sp³-hybridized carbons (Fsp3) is 0.167. The number of pyridine rings is 1. The van der Waals surface area contributed by atoms with E-state index in [2.05, 4.69) is 15.3 Å². The molecule has 7 heteroatoms. The Morgan fingerprint density at radius 1 is 1.37 bits per heavy atom. The van der Waals surface area contributed by atoms with Crippen LogP contribution in [0.5, 0.6) is 0 Å². The number of aromatic nitrogens is 2. The standard InChI is InChI=1S/C12H11N3O3S/c1-2-18-11(17)9-7-19-12(14-9)15-10(16)8-3-5-13-6-4-8/h3-7H,2H2,1H3,(H,14,15,16).